The topological polar surface area (TPSA) is 32.3 Å². The lowest BCUT2D eigenvalue weighted by atomic mass is 9.88. The van der Waals surface area contributed by atoms with Crippen LogP contribution in [-0.4, -0.2) is 30.9 Å². The Hall–Kier alpha value is -1.35. The van der Waals surface area contributed by atoms with E-state index in [-0.39, 0.29) is 11.3 Å². The van der Waals surface area contributed by atoms with Crippen LogP contribution in [0.2, 0.25) is 0 Å². The van der Waals surface area contributed by atoms with E-state index in [0.717, 1.165) is 19.5 Å². The fraction of sp³-hybridized carbons (Fsp3) is 0.533. The van der Waals surface area contributed by atoms with Gasteiger partial charge in [-0.15, -0.1) is 0 Å². The van der Waals surface area contributed by atoms with E-state index in [1.54, 1.807) is 0 Å². The van der Waals surface area contributed by atoms with Crippen molar-refractivity contribution >= 4 is 5.91 Å². The van der Waals surface area contributed by atoms with Crippen molar-refractivity contribution in [3.05, 3.63) is 35.4 Å². The summed E-state index contributed by atoms with van der Waals surface area (Å²) in [6, 6.07) is 8.24. The number of hydrogen-bond donors (Lipinski definition) is 1. The first-order valence-corrected chi connectivity index (χ1v) is 6.54. The van der Waals surface area contributed by atoms with Crippen LogP contribution in [0.4, 0.5) is 0 Å². The van der Waals surface area contributed by atoms with E-state index >= 15 is 0 Å². The Kier molecular flexibility index (Phi) is 3.71. The van der Waals surface area contributed by atoms with Gasteiger partial charge in [-0.05, 0) is 37.9 Å². The average Bonchev–Trinajstić information content (AvgIpc) is 2.79. The molecule has 1 heterocycles. The van der Waals surface area contributed by atoms with Crippen molar-refractivity contribution in [2.24, 2.45) is 5.41 Å². The van der Waals surface area contributed by atoms with Crippen molar-refractivity contribution in [2.45, 2.75) is 26.8 Å². The molecule has 1 aliphatic heterocycles. The molecule has 1 fully saturated rings. The highest BCUT2D eigenvalue weighted by Gasteiger charge is 2.38. The molecule has 0 saturated carbocycles. The van der Waals surface area contributed by atoms with Crippen LogP contribution in [0.1, 0.15) is 24.5 Å². The molecule has 3 nitrogen and oxygen atoms in total. The van der Waals surface area contributed by atoms with Crippen LogP contribution in [0.3, 0.4) is 0 Å². The maximum atomic E-state index is 12.5. The molecule has 0 spiro atoms. The number of benzene rings is 1. The molecule has 1 unspecified atom stereocenters. The summed E-state index contributed by atoms with van der Waals surface area (Å²) in [6.45, 7) is 6.58. The number of nitrogens with zero attached hydrogens (tertiary/aromatic N) is 1. The monoisotopic (exact) mass is 246 g/mol. The van der Waals surface area contributed by atoms with Gasteiger partial charge in [0.2, 0.25) is 5.91 Å². The zero-order chi connectivity index (χ0) is 13.2. The summed E-state index contributed by atoms with van der Waals surface area (Å²) in [5.41, 5.74) is 2.24. The predicted octanol–water partition coefficient (Wildman–Crippen LogP) is 1.95. The van der Waals surface area contributed by atoms with Crippen LogP contribution >= 0.6 is 0 Å². The molecule has 0 radical (unpaired) electrons. The van der Waals surface area contributed by atoms with E-state index in [4.69, 9.17) is 0 Å². The first-order valence-electron chi connectivity index (χ1n) is 6.54. The zero-order valence-electron chi connectivity index (χ0n) is 11.5. The van der Waals surface area contributed by atoms with Crippen molar-refractivity contribution in [2.75, 3.05) is 20.1 Å². The highest BCUT2D eigenvalue weighted by molar-refractivity contribution is 5.82. The summed E-state index contributed by atoms with van der Waals surface area (Å²) in [5.74, 6) is 0.246. The Morgan fingerprint density at radius 2 is 2.17 bits per heavy atom. The van der Waals surface area contributed by atoms with E-state index in [1.807, 2.05) is 24.1 Å². The van der Waals surface area contributed by atoms with Crippen LogP contribution in [0.5, 0.6) is 0 Å². The number of nitrogens with one attached hydrogen (secondary N) is 1. The molecule has 1 aromatic carbocycles. The number of rotatable bonds is 3. The summed E-state index contributed by atoms with van der Waals surface area (Å²) in [5, 5.41) is 3.28. The van der Waals surface area contributed by atoms with Crippen LogP contribution in [0, 0.1) is 12.3 Å². The predicted molar refractivity (Wildman–Crippen MR) is 73.2 cm³/mol. The van der Waals surface area contributed by atoms with Gasteiger partial charge in [-0.1, -0.05) is 24.3 Å². The molecule has 1 atom stereocenters. The van der Waals surface area contributed by atoms with Gasteiger partial charge in [0.1, 0.15) is 0 Å². The van der Waals surface area contributed by atoms with Gasteiger partial charge in [0, 0.05) is 20.1 Å². The lowest BCUT2D eigenvalue weighted by Gasteiger charge is -2.28. The maximum Gasteiger partial charge on any atom is 0.229 e. The van der Waals surface area contributed by atoms with Crippen molar-refractivity contribution in [3.63, 3.8) is 0 Å². The Morgan fingerprint density at radius 1 is 1.44 bits per heavy atom. The minimum atomic E-state index is -0.225. The van der Waals surface area contributed by atoms with Crippen LogP contribution < -0.4 is 5.32 Å². The Bertz CT molecular complexity index is 436. The third-order valence-electron chi connectivity index (χ3n) is 3.90. The smallest absolute Gasteiger partial charge is 0.229 e. The first-order chi connectivity index (χ1) is 8.53. The van der Waals surface area contributed by atoms with E-state index in [9.17, 15) is 4.79 Å². The van der Waals surface area contributed by atoms with Crippen LogP contribution in [0.25, 0.3) is 0 Å². The summed E-state index contributed by atoms with van der Waals surface area (Å²) >= 11 is 0. The van der Waals surface area contributed by atoms with Gasteiger partial charge in [0.25, 0.3) is 0 Å². The van der Waals surface area contributed by atoms with Crippen LogP contribution in [-0.2, 0) is 11.3 Å². The number of carbonyl (C=O) groups is 1. The molecule has 1 saturated heterocycles. The van der Waals surface area contributed by atoms with Gasteiger partial charge in [-0.3, -0.25) is 4.79 Å². The van der Waals surface area contributed by atoms with Crippen molar-refractivity contribution in [1.29, 1.82) is 0 Å². The van der Waals surface area contributed by atoms with Gasteiger partial charge < -0.3 is 10.2 Å². The number of aryl methyl sites for hydroxylation is 1. The number of hydrogen-bond acceptors (Lipinski definition) is 2. The Balaban J connectivity index is 2.06. The van der Waals surface area contributed by atoms with E-state index in [2.05, 4.69) is 31.3 Å². The largest absolute Gasteiger partial charge is 0.341 e. The van der Waals surface area contributed by atoms with Gasteiger partial charge in [0.15, 0.2) is 0 Å². The maximum absolute atomic E-state index is 12.5. The highest BCUT2D eigenvalue weighted by atomic mass is 16.2. The molecule has 3 heteroatoms. The lowest BCUT2D eigenvalue weighted by molar-refractivity contribution is -0.139. The first kappa shape index (κ1) is 13.1. The molecular weight excluding hydrogens is 224 g/mol. The fourth-order valence-corrected chi connectivity index (χ4v) is 2.58. The second-order valence-electron chi connectivity index (χ2n) is 5.58. The van der Waals surface area contributed by atoms with Crippen molar-refractivity contribution < 1.29 is 4.79 Å². The average molecular weight is 246 g/mol. The SMILES string of the molecule is Cc1ccccc1CN(C)C(=O)C1(C)CCNC1. The summed E-state index contributed by atoms with van der Waals surface area (Å²) < 4.78 is 0. The molecule has 1 aliphatic rings. The zero-order valence-corrected chi connectivity index (χ0v) is 11.5. The Morgan fingerprint density at radius 3 is 2.78 bits per heavy atom. The van der Waals surface area contributed by atoms with Crippen molar-refractivity contribution in [3.8, 4) is 0 Å². The Labute approximate surface area is 109 Å². The molecule has 18 heavy (non-hydrogen) atoms. The van der Waals surface area contributed by atoms with Gasteiger partial charge in [0.05, 0.1) is 5.41 Å². The van der Waals surface area contributed by atoms with Crippen molar-refractivity contribution in [1.82, 2.24) is 10.2 Å². The van der Waals surface area contributed by atoms with Gasteiger partial charge >= 0.3 is 0 Å². The quantitative estimate of drug-likeness (QED) is 0.884. The van der Waals surface area contributed by atoms with Gasteiger partial charge in [-0.25, -0.2) is 0 Å². The van der Waals surface area contributed by atoms with Crippen LogP contribution in [0.15, 0.2) is 24.3 Å². The molecule has 1 amide bonds. The fourth-order valence-electron chi connectivity index (χ4n) is 2.58. The minimum Gasteiger partial charge on any atom is -0.341 e. The minimum absolute atomic E-state index is 0.225. The molecule has 1 aromatic rings. The molecule has 98 valence electrons. The molecule has 2 rings (SSSR count). The summed E-state index contributed by atoms with van der Waals surface area (Å²) in [4.78, 5) is 14.3. The third-order valence-corrected chi connectivity index (χ3v) is 3.90. The number of amides is 1. The second-order valence-corrected chi connectivity index (χ2v) is 5.58. The second kappa shape index (κ2) is 5.11. The lowest BCUT2D eigenvalue weighted by Crippen LogP contribution is -2.41. The molecule has 0 aromatic heterocycles. The standard InChI is InChI=1S/C15H22N2O/c1-12-6-4-5-7-13(12)10-17(3)14(18)15(2)8-9-16-11-15/h4-7,16H,8-11H2,1-3H3. The molecule has 1 N–H and O–H groups in total. The third kappa shape index (κ3) is 2.56. The normalized spacial score (nSPS) is 23.1. The summed E-state index contributed by atoms with van der Waals surface area (Å²) in [6.07, 6.45) is 0.934. The molecule has 0 bridgehead atoms. The van der Waals surface area contributed by atoms with E-state index < -0.39 is 0 Å². The molecule has 0 aliphatic carbocycles. The number of carbonyl (C=O) groups excluding carboxylic acids is 1. The highest BCUT2D eigenvalue weighted by Crippen LogP contribution is 2.27. The van der Waals surface area contributed by atoms with E-state index in [1.165, 1.54) is 11.1 Å². The molecular formula is C15H22N2O. The summed E-state index contributed by atoms with van der Waals surface area (Å²) in [7, 11) is 1.90. The van der Waals surface area contributed by atoms with E-state index in [0.29, 0.717) is 6.54 Å². The van der Waals surface area contributed by atoms with Gasteiger partial charge in [-0.2, -0.15) is 0 Å².